The van der Waals surface area contributed by atoms with Gasteiger partial charge in [-0.25, -0.2) is 0 Å². The summed E-state index contributed by atoms with van der Waals surface area (Å²) in [5.74, 6) is 6.58. The summed E-state index contributed by atoms with van der Waals surface area (Å²) in [4.78, 5) is 0. The molecule has 21 heavy (non-hydrogen) atoms. The Kier molecular flexibility index (Phi) is 3.72. The maximum absolute atomic E-state index is 5.84. The van der Waals surface area contributed by atoms with E-state index in [4.69, 9.17) is 16.0 Å². The Bertz CT molecular complexity index is 808. The topological polar surface area (TPSA) is 38.9 Å². The van der Waals surface area contributed by atoms with Crippen molar-refractivity contribution in [2.45, 2.75) is 6.92 Å². The third-order valence-corrected chi connectivity index (χ3v) is 3.13. The quantitative estimate of drug-likeness (QED) is 0.634. The van der Waals surface area contributed by atoms with Crippen LogP contribution in [0.1, 0.15) is 17.0 Å². The average molecular weight is 295 g/mol. The number of rotatable bonds is 1. The van der Waals surface area contributed by atoms with E-state index < -0.39 is 0 Å². The Hall–Kier alpha value is -2.57. The van der Waals surface area contributed by atoms with Gasteiger partial charge in [-0.3, -0.25) is 0 Å². The molecule has 0 saturated heterocycles. The normalized spacial score (nSPS) is 10.0. The zero-order valence-corrected chi connectivity index (χ0v) is 12.1. The van der Waals surface area contributed by atoms with Crippen molar-refractivity contribution in [2.24, 2.45) is 0 Å². The highest BCUT2D eigenvalue weighted by molar-refractivity contribution is 6.30. The molecule has 3 rings (SSSR count). The maximum atomic E-state index is 5.84. The van der Waals surface area contributed by atoms with Crippen LogP contribution >= 0.6 is 11.6 Å². The van der Waals surface area contributed by atoms with Gasteiger partial charge >= 0.3 is 0 Å². The highest BCUT2D eigenvalue weighted by Crippen LogP contribution is 2.19. The molecule has 0 radical (unpaired) electrons. The molecule has 0 unspecified atom stereocenters. The van der Waals surface area contributed by atoms with Crippen LogP contribution in [0.15, 0.2) is 52.9 Å². The molecule has 0 bridgehead atoms. The Morgan fingerprint density at radius 2 is 1.62 bits per heavy atom. The molecule has 2 aromatic carbocycles. The summed E-state index contributed by atoms with van der Waals surface area (Å²) in [6.07, 6.45) is 0. The molecule has 4 heteroatoms. The van der Waals surface area contributed by atoms with Crippen LogP contribution in [0.5, 0.6) is 0 Å². The number of aryl methyl sites for hydroxylation is 1. The smallest absolute Gasteiger partial charge is 0.294 e. The van der Waals surface area contributed by atoms with Crippen LogP contribution in [0.25, 0.3) is 11.5 Å². The molecule has 3 nitrogen and oxygen atoms in total. The summed E-state index contributed by atoms with van der Waals surface area (Å²) in [5, 5.41) is 8.57. The summed E-state index contributed by atoms with van der Waals surface area (Å²) in [6.45, 7) is 2.04. The second-order valence-corrected chi connectivity index (χ2v) is 4.97. The van der Waals surface area contributed by atoms with Crippen LogP contribution < -0.4 is 0 Å². The zero-order chi connectivity index (χ0) is 14.7. The van der Waals surface area contributed by atoms with E-state index in [0.717, 1.165) is 11.1 Å². The molecule has 102 valence electrons. The Morgan fingerprint density at radius 1 is 0.905 bits per heavy atom. The lowest BCUT2D eigenvalue weighted by atomic mass is 10.2. The van der Waals surface area contributed by atoms with Crippen molar-refractivity contribution in [3.05, 3.63) is 70.6 Å². The highest BCUT2D eigenvalue weighted by Gasteiger charge is 2.06. The van der Waals surface area contributed by atoms with Crippen molar-refractivity contribution in [3.63, 3.8) is 0 Å². The van der Waals surface area contributed by atoms with Crippen molar-refractivity contribution < 1.29 is 4.42 Å². The monoisotopic (exact) mass is 294 g/mol. The van der Waals surface area contributed by atoms with E-state index in [1.54, 1.807) is 12.1 Å². The van der Waals surface area contributed by atoms with Gasteiger partial charge in [0, 0.05) is 16.1 Å². The molecule has 0 amide bonds. The molecule has 0 saturated carbocycles. The fraction of sp³-hybridized carbons (Fsp3) is 0.0588. The number of halogens is 1. The zero-order valence-electron chi connectivity index (χ0n) is 11.3. The van der Waals surface area contributed by atoms with E-state index in [2.05, 4.69) is 22.0 Å². The second-order valence-electron chi connectivity index (χ2n) is 4.54. The fourth-order valence-corrected chi connectivity index (χ4v) is 1.87. The van der Waals surface area contributed by atoms with Gasteiger partial charge < -0.3 is 4.42 Å². The lowest BCUT2D eigenvalue weighted by Crippen LogP contribution is -1.77. The van der Waals surface area contributed by atoms with Crippen molar-refractivity contribution in [1.29, 1.82) is 0 Å². The van der Waals surface area contributed by atoms with E-state index in [1.165, 1.54) is 5.56 Å². The van der Waals surface area contributed by atoms with Gasteiger partial charge in [0.2, 0.25) is 5.89 Å². The molecule has 3 aromatic rings. The van der Waals surface area contributed by atoms with Crippen molar-refractivity contribution in [3.8, 4) is 23.3 Å². The van der Waals surface area contributed by atoms with Gasteiger partial charge in [-0.15, -0.1) is 5.10 Å². The van der Waals surface area contributed by atoms with Gasteiger partial charge in [-0.1, -0.05) is 40.3 Å². The van der Waals surface area contributed by atoms with Gasteiger partial charge in [-0.05, 0) is 49.2 Å². The first-order valence-electron chi connectivity index (χ1n) is 6.39. The summed E-state index contributed by atoms with van der Waals surface area (Å²) < 4.78 is 5.52. The van der Waals surface area contributed by atoms with Gasteiger partial charge in [0.05, 0.1) is 0 Å². The summed E-state index contributed by atoms with van der Waals surface area (Å²) >= 11 is 5.84. The number of hydrogen-bond acceptors (Lipinski definition) is 3. The summed E-state index contributed by atoms with van der Waals surface area (Å²) in [7, 11) is 0. The second kappa shape index (κ2) is 5.82. The Balaban J connectivity index is 1.82. The Labute approximate surface area is 127 Å². The van der Waals surface area contributed by atoms with Crippen LogP contribution in [-0.2, 0) is 0 Å². The van der Waals surface area contributed by atoms with Crippen molar-refractivity contribution in [2.75, 3.05) is 0 Å². The summed E-state index contributed by atoms with van der Waals surface area (Å²) in [6, 6.07) is 15.1. The predicted molar refractivity (Wildman–Crippen MR) is 81.9 cm³/mol. The van der Waals surface area contributed by atoms with E-state index >= 15 is 0 Å². The van der Waals surface area contributed by atoms with Crippen molar-refractivity contribution >= 4 is 11.6 Å². The SMILES string of the molecule is Cc1ccc(C#Cc2nnc(-c3ccc(Cl)cc3)o2)cc1. The number of hydrogen-bond donors (Lipinski definition) is 0. The minimum Gasteiger partial charge on any atom is -0.410 e. The molecular weight excluding hydrogens is 284 g/mol. The average Bonchev–Trinajstić information content (AvgIpc) is 2.96. The molecule has 0 N–H and O–H groups in total. The first-order valence-corrected chi connectivity index (χ1v) is 6.77. The molecule has 0 atom stereocenters. The van der Waals surface area contributed by atoms with Gasteiger partial charge in [-0.2, -0.15) is 0 Å². The fourth-order valence-electron chi connectivity index (χ4n) is 1.75. The summed E-state index contributed by atoms with van der Waals surface area (Å²) in [5.41, 5.74) is 2.92. The van der Waals surface area contributed by atoms with Gasteiger partial charge in [0.1, 0.15) is 0 Å². The third-order valence-electron chi connectivity index (χ3n) is 2.88. The maximum Gasteiger partial charge on any atom is 0.294 e. The van der Waals surface area contributed by atoms with E-state index in [0.29, 0.717) is 16.8 Å². The number of aromatic nitrogens is 2. The number of nitrogens with zero attached hydrogens (tertiary/aromatic N) is 2. The number of benzene rings is 2. The largest absolute Gasteiger partial charge is 0.410 e. The first kappa shape index (κ1) is 13.4. The van der Waals surface area contributed by atoms with E-state index in [1.807, 2.05) is 43.3 Å². The third kappa shape index (κ3) is 3.31. The Morgan fingerprint density at radius 3 is 2.33 bits per heavy atom. The molecule has 0 aliphatic carbocycles. The molecule has 1 heterocycles. The predicted octanol–water partition coefficient (Wildman–Crippen LogP) is 4.10. The molecule has 0 fully saturated rings. The van der Waals surface area contributed by atoms with Crippen LogP contribution in [-0.4, -0.2) is 10.2 Å². The lowest BCUT2D eigenvalue weighted by molar-refractivity contribution is 0.555. The molecular formula is C17H11ClN2O. The molecule has 0 spiro atoms. The molecule has 0 aliphatic rings. The highest BCUT2D eigenvalue weighted by atomic mass is 35.5. The van der Waals surface area contributed by atoms with Crippen LogP contribution in [0, 0.1) is 18.8 Å². The molecule has 0 aliphatic heterocycles. The van der Waals surface area contributed by atoms with Crippen molar-refractivity contribution in [1.82, 2.24) is 10.2 Å². The van der Waals surface area contributed by atoms with E-state index in [-0.39, 0.29) is 0 Å². The minimum absolute atomic E-state index is 0.292. The first-order chi connectivity index (χ1) is 10.2. The molecule has 1 aromatic heterocycles. The lowest BCUT2D eigenvalue weighted by Gasteiger charge is -1.93. The standard InChI is InChI=1S/C17H11ClN2O/c1-12-2-4-13(5-3-12)6-11-16-19-20-17(21-16)14-7-9-15(18)10-8-14/h2-5,7-10H,1H3. The van der Waals surface area contributed by atoms with Gasteiger partial charge in [0.15, 0.2) is 0 Å². The minimum atomic E-state index is 0.292. The van der Waals surface area contributed by atoms with Crippen LogP contribution in [0.4, 0.5) is 0 Å². The van der Waals surface area contributed by atoms with Crippen LogP contribution in [0.3, 0.4) is 0 Å². The van der Waals surface area contributed by atoms with Gasteiger partial charge in [0.25, 0.3) is 5.89 Å². The van der Waals surface area contributed by atoms with E-state index in [9.17, 15) is 0 Å². The van der Waals surface area contributed by atoms with Crippen LogP contribution in [0.2, 0.25) is 5.02 Å².